The lowest BCUT2D eigenvalue weighted by Gasteiger charge is -2.21. The predicted octanol–water partition coefficient (Wildman–Crippen LogP) is 2.18. The molecule has 0 aromatic heterocycles. The van der Waals surface area contributed by atoms with Crippen molar-refractivity contribution in [3.8, 4) is 0 Å². The molecule has 1 fully saturated rings. The highest BCUT2D eigenvalue weighted by molar-refractivity contribution is 8.00. The summed E-state index contributed by atoms with van der Waals surface area (Å²) >= 11 is 1.77. The van der Waals surface area contributed by atoms with Crippen molar-refractivity contribution in [2.75, 3.05) is 43.2 Å². The molecule has 1 amide bonds. The Bertz CT molecular complexity index is 427. The minimum Gasteiger partial charge on any atom is -0.378 e. The maximum Gasteiger partial charge on any atom is 0.234 e. The Morgan fingerprint density at radius 1 is 1.30 bits per heavy atom. The van der Waals surface area contributed by atoms with Gasteiger partial charge in [-0.05, 0) is 50.2 Å². The smallest absolute Gasteiger partial charge is 0.234 e. The summed E-state index contributed by atoms with van der Waals surface area (Å²) in [6.07, 6.45) is 2.32. The monoisotopic (exact) mass is 293 g/mol. The third-order valence-corrected chi connectivity index (χ3v) is 4.78. The maximum atomic E-state index is 11.9. The molecule has 1 aromatic carbocycles. The lowest BCUT2D eigenvalue weighted by molar-refractivity contribution is -0.113. The lowest BCUT2D eigenvalue weighted by atomic mass is 10.2. The molecule has 1 saturated heterocycles. The number of carbonyl (C=O) groups excluding carboxylic acids is 1. The van der Waals surface area contributed by atoms with E-state index in [9.17, 15) is 4.79 Å². The van der Waals surface area contributed by atoms with Crippen molar-refractivity contribution in [3.63, 3.8) is 0 Å². The van der Waals surface area contributed by atoms with E-state index in [-0.39, 0.29) is 5.91 Å². The van der Waals surface area contributed by atoms with Crippen molar-refractivity contribution in [3.05, 3.63) is 24.3 Å². The second kappa shape index (κ2) is 7.55. The number of hydrogen-bond acceptors (Lipinski definition) is 4. The zero-order valence-electron chi connectivity index (χ0n) is 12.2. The molecule has 0 radical (unpaired) electrons. The molecule has 1 heterocycles. The number of nitrogens with one attached hydrogen (secondary N) is 2. The van der Waals surface area contributed by atoms with E-state index in [0.717, 1.165) is 37.3 Å². The van der Waals surface area contributed by atoms with Crippen molar-refractivity contribution >= 4 is 29.0 Å². The van der Waals surface area contributed by atoms with Crippen LogP contribution in [0.25, 0.3) is 0 Å². The first-order valence-corrected chi connectivity index (χ1v) is 8.09. The van der Waals surface area contributed by atoms with Gasteiger partial charge >= 0.3 is 0 Å². The van der Waals surface area contributed by atoms with Gasteiger partial charge in [0, 0.05) is 30.7 Å². The summed E-state index contributed by atoms with van der Waals surface area (Å²) < 4.78 is 0. The highest BCUT2D eigenvalue weighted by Crippen LogP contribution is 2.21. The standard InChI is InChI=1S/C15H23N3OS/c1-18(2)13-5-3-12(4-6-13)17-15(19)11-20-14-7-9-16-10-8-14/h3-6,14,16H,7-11H2,1-2H3,(H,17,19). The molecule has 0 bridgehead atoms. The van der Waals surface area contributed by atoms with Crippen molar-refractivity contribution in [1.29, 1.82) is 0 Å². The molecule has 0 saturated carbocycles. The van der Waals surface area contributed by atoms with Gasteiger partial charge in [0.15, 0.2) is 0 Å². The normalized spacial score (nSPS) is 15.9. The van der Waals surface area contributed by atoms with Gasteiger partial charge in [0.25, 0.3) is 0 Å². The Kier molecular flexibility index (Phi) is 5.73. The molecule has 1 aromatic rings. The lowest BCUT2D eigenvalue weighted by Crippen LogP contribution is -2.30. The van der Waals surface area contributed by atoms with Gasteiger partial charge in [0.1, 0.15) is 0 Å². The van der Waals surface area contributed by atoms with Gasteiger partial charge in [-0.2, -0.15) is 0 Å². The van der Waals surface area contributed by atoms with E-state index in [1.54, 1.807) is 11.8 Å². The van der Waals surface area contributed by atoms with Crippen LogP contribution in [0.4, 0.5) is 11.4 Å². The van der Waals surface area contributed by atoms with E-state index < -0.39 is 0 Å². The Balaban J connectivity index is 1.75. The molecule has 0 unspecified atom stereocenters. The van der Waals surface area contributed by atoms with Crippen LogP contribution in [0, 0.1) is 0 Å². The summed E-state index contributed by atoms with van der Waals surface area (Å²) in [6.45, 7) is 2.15. The number of benzene rings is 1. The second-order valence-electron chi connectivity index (χ2n) is 5.25. The van der Waals surface area contributed by atoms with Crippen LogP contribution in [-0.4, -0.2) is 44.1 Å². The fourth-order valence-electron chi connectivity index (χ4n) is 2.20. The number of hydrogen-bond donors (Lipinski definition) is 2. The van der Waals surface area contributed by atoms with Crippen LogP contribution in [0.3, 0.4) is 0 Å². The largest absolute Gasteiger partial charge is 0.378 e. The topological polar surface area (TPSA) is 44.4 Å². The Labute approximate surface area is 125 Å². The molecule has 0 aliphatic carbocycles. The van der Waals surface area contributed by atoms with Crippen molar-refractivity contribution in [1.82, 2.24) is 5.32 Å². The number of thioether (sulfide) groups is 1. The van der Waals surface area contributed by atoms with Crippen LogP contribution in [-0.2, 0) is 4.79 Å². The third kappa shape index (κ3) is 4.72. The van der Waals surface area contributed by atoms with E-state index in [1.807, 2.05) is 43.3 Å². The molecule has 5 heteroatoms. The first-order valence-electron chi connectivity index (χ1n) is 7.05. The van der Waals surface area contributed by atoms with Crippen molar-refractivity contribution in [2.24, 2.45) is 0 Å². The van der Waals surface area contributed by atoms with Crippen LogP contribution in [0.2, 0.25) is 0 Å². The molecular formula is C15H23N3OS. The summed E-state index contributed by atoms with van der Waals surface area (Å²) in [6, 6.07) is 7.91. The molecule has 1 aliphatic heterocycles. The van der Waals surface area contributed by atoms with Gasteiger partial charge < -0.3 is 15.5 Å². The van der Waals surface area contributed by atoms with Gasteiger partial charge in [-0.15, -0.1) is 11.8 Å². The fourth-order valence-corrected chi connectivity index (χ4v) is 3.22. The van der Waals surface area contributed by atoms with Gasteiger partial charge in [-0.3, -0.25) is 4.79 Å². The van der Waals surface area contributed by atoms with Gasteiger partial charge in [-0.1, -0.05) is 0 Å². The minimum absolute atomic E-state index is 0.0890. The summed E-state index contributed by atoms with van der Waals surface area (Å²) in [5, 5.41) is 6.92. The highest BCUT2D eigenvalue weighted by atomic mass is 32.2. The number of piperidine rings is 1. The molecule has 2 rings (SSSR count). The zero-order chi connectivity index (χ0) is 14.4. The number of rotatable bonds is 5. The molecule has 1 aliphatic rings. The van der Waals surface area contributed by atoms with E-state index >= 15 is 0 Å². The Morgan fingerprint density at radius 3 is 2.55 bits per heavy atom. The number of nitrogens with zero attached hydrogens (tertiary/aromatic N) is 1. The SMILES string of the molecule is CN(C)c1ccc(NC(=O)CSC2CCNCC2)cc1. The molecular weight excluding hydrogens is 270 g/mol. The highest BCUT2D eigenvalue weighted by Gasteiger charge is 2.14. The second-order valence-corrected chi connectivity index (χ2v) is 6.54. The minimum atomic E-state index is 0.0890. The van der Waals surface area contributed by atoms with Crippen LogP contribution < -0.4 is 15.5 Å². The number of amides is 1. The van der Waals surface area contributed by atoms with E-state index in [0.29, 0.717) is 11.0 Å². The molecule has 2 N–H and O–H groups in total. The van der Waals surface area contributed by atoms with E-state index in [2.05, 4.69) is 10.6 Å². The van der Waals surface area contributed by atoms with Crippen molar-refractivity contribution in [2.45, 2.75) is 18.1 Å². The fraction of sp³-hybridized carbons (Fsp3) is 0.533. The first kappa shape index (κ1) is 15.2. The molecule has 20 heavy (non-hydrogen) atoms. The van der Waals surface area contributed by atoms with Crippen molar-refractivity contribution < 1.29 is 4.79 Å². The van der Waals surface area contributed by atoms with Crippen LogP contribution >= 0.6 is 11.8 Å². The summed E-state index contributed by atoms with van der Waals surface area (Å²) in [5.74, 6) is 0.631. The average Bonchev–Trinajstić information content (AvgIpc) is 2.47. The Morgan fingerprint density at radius 2 is 1.95 bits per heavy atom. The maximum absolute atomic E-state index is 11.9. The number of carbonyl (C=O) groups is 1. The number of anilines is 2. The first-order chi connectivity index (χ1) is 9.65. The van der Waals surface area contributed by atoms with Gasteiger partial charge in [0.2, 0.25) is 5.91 Å². The molecule has 110 valence electrons. The van der Waals surface area contributed by atoms with Crippen LogP contribution in [0.15, 0.2) is 24.3 Å². The quantitative estimate of drug-likeness (QED) is 0.873. The zero-order valence-corrected chi connectivity index (χ0v) is 13.0. The molecule has 0 spiro atoms. The van der Waals surface area contributed by atoms with E-state index in [4.69, 9.17) is 0 Å². The molecule has 4 nitrogen and oxygen atoms in total. The Hall–Kier alpha value is -1.20. The third-order valence-electron chi connectivity index (χ3n) is 3.40. The van der Waals surface area contributed by atoms with Crippen LogP contribution in [0.1, 0.15) is 12.8 Å². The summed E-state index contributed by atoms with van der Waals surface area (Å²) in [4.78, 5) is 14.0. The predicted molar refractivity (Wildman–Crippen MR) is 87.7 cm³/mol. The average molecular weight is 293 g/mol. The summed E-state index contributed by atoms with van der Waals surface area (Å²) in [7, 11) is 4.01. The van der Waals surface area contributed by atoms with Gasteiger partial charge in [0.05, 0.1) is 5.75 Å². The van der Waals surface area contributed by atoms with E-state index in [1.165, 1.54) is 0 Å². The van der Waals surface area contributed by atoms with Gasteiger partial charge in [-0.25, -0.2) is 0 Å². The summed E-state index contributed by atoms with van der Waals surface area (Å²) in [5.41, 5.74) is 2.00. The molecule has 0 atom stereocenters. The van der Waals surface area contributed by atoms with Crippen LogP contribution in [0.5, 0.6) is 0 Å².